The Morgan fingerprint density at radius 1 is 0.929 bits per heavy atom. The first kappa shape index (κ1) is 19.3. The van der Waals surface area contributed by atoms with Crippen LogP contribution in [0.5, 0.6) is 0 Å². The van der Waals surface area contributed by atoms with Crippen LogP contribution in [0, 0.1) is 0 Å². The summed E-state index contributed by atoms with van der Waals surface area (Å²) in [6, 6.07) is 11.4. The highest BCUT2D eigenvalue weighted by Crippen LogP contribution is 2.39. The standard InChI is InChI=1S/C21H23BF3NO2/c1-19(2)20(3,4)28-22(27-19)16-7-10-18-14(13-16)11-12-26(18)17-8-5-15(6-9-17)21(23,24)25/h5-10,13H,11-12H2,1-4H3. The first-order chi connectivity index (χ1) is 13.0. The van der Waals surface area contributed by atoms with E-state index >= 15 is 0 Å². The van der Waals surface area contributed by atoms with Crippen molar-refractivity contribution in [2.45, 2.75) is 51.5 Å². The van der Waals surface area contributed by atoms with E-state index in [0.717, 1.165) is 47.5 Å². The van der Waals surface area contributed by atoms with Gasteiger partial charge in [-0.1, -0.05) is 12.1 Å². The lowest BCUT2D eigenvalue weighted by Gasteiger charge is -2.32. The minimum atomic E-state index is -4.32. The lowest BCUT2D eigenvalue weighted by molar-refractivity contribution is -0.137. The van der Waals surface area contributed by atoms with Gasteiger partial charge < -0.3 is 14.2 Å². The van der Waals surface area contributed by atoms with E-state index in [0.29, 0.717) is 0 Å². The molecule has 0 spiro atoms. The number of hydrogen-bond acceptors (Lipinski definition) is 3. The third kappa shape index (κ3) is 3.20. The molecule has 2 aliphatic rings. The number of fused-ring (bicyclic) bond motifs is 1. The van der Waals surface area contributed by atoms with Crippen LogP contribution in [0.4, 0.5) is 24.5 Å². The predicted molar refractivity (Wildman–Crippen MR) is 104 cm³/mol. The average Bonchev–Trinajstić information content (AvgIpc) is 3.11. The Bertz CT molecular complexity index is 878. The number of alkyl halides is 3. The molecule has 0 saturated carbocycles. The Kier molecular flexibility index (Phi) is 4.32. The van der Waals surface area contributed by atoms with Crippen molar-refractivity contribution in [3.05, 3.63) is 53.6 Å². The molecule has 4 rings (SSSR count). The second-order valence-electron chi connectivity index (χ2n) is 8.42. The molecule has 7 heteroatoms. The zero-order valence-electron chi connectivity index (χ0n) is 16.4. The largest absolute Gasteiger partial charge is 0.494 e. The van der Waals surface area contributed by atoms with E-state index in [9.17, 15) is 13.2 Å². The van der Waals surface area contributed by atoms with Crippen LogP contribution in [0.1, 0.15) is 38.8 Å². The zero-order valence-corrected chi connectivity index (χ0v) is 16.4. The Labute approximate surface area is 163 Å². The Balaban J connectivity index is 1.58. The topological polar surface area (TPSA) is 21.7 Å². The highest BCUT2D eigenvalue weighted by Gasteiger charge is 2.51. The van der Waals surface area contributed by atoms with Crippen molar-refractivity contribution < 1.29 is 22.5 Å². The molecule has 2 aliphatic heterocycles. The number of rotatable bonds is 2. The molecule has 0 aromatic heterocycles. The fourth-order valence-corrected chi connectivity index (χ4v) is 3.65. The normalized spacial score (nSPS) is 20.5. The molecule has 1 fully saturated rings. The van der Waals surface area contributed by atoms with Crippen LogP contribution in [0.15, 0.2) is 42.5 Å². The van der Waals surface area contributed by atoms with Gasteiger partial charge in [0.1, 0.15) is 0 Å². The van der Waals surface area contributed by atoms with Crippen molar-refractivity contribution in [3.8, 4) is 0 Å². The van der Waals surface area contributed by atoms with Gasteiger partial charge in [-0.25, -0.2) is 0 Å². The van der Waals surface area contributed by atoms with Crippen LogP contribution in [-0.4, -0.2) is 24.9 Å². The Morgan fingerprint density at radius 2 is 1.54 bits per heavy atom. The summed E-state index contributed by atoms with van der Waals surface area (Å²) in [7, 11) is -0.421. The van der Waals surface area contributed by atoms with Crippen molar-refractivity contribution in [1.82, 2.24) is 0 Å². The Hall–Kier alpha value is -1.99. The van der Waals surface area contributed by atoms with Gasteiger partial charge in [0.15, 0.2) is 0 Å². The molecule has 0 bridgehead atoms. The van der Waals surface area contributed by atoms with Crippen molar-refractivity contribution in [2.24, 2.45) is 0 Å². The van der Waals surface area contributed by atoms with Gasteiger partial charge in [0.05, 0.1) is 16.8 Å². The molecule has 0 radical (unpaired) electrons. The lowest BCUT2D eigenvalue weighted by atomic mass is 9.78. The minimum absolute atomic E-state index is 0.400. The van der Waals surface area contributed by atoms with Gasteiger partial charge in [-0.2, -0.15) is 13.2 Å². The third-order valence-electron chi connectivity index (χ3n) is 6.03. The SMILES string of the molecule is CC1(C)OB(c2ccc3c(c2)CCN3c2ccc(C(F)(F)F)cc2)OC1(C)C. The summed E-state index contributed by atoms with van der Waals surface area (Å²) in [6.07, 6.45) is -3.50. The smallest absolute Gasteiger partial charge is 0.399 e. The van der Waals surface area contributed by atoms with Gasteiger partial charge in [0, 0.05) is 17.9 Å². The molecule has 0 amide bonds. The fraction of sp³-hybridized carbons (Fsp3) is 0.429. The molecular weight excluding hydrogens is 366 g/mol. The molecule has 2 aromatic carbocycles. The van der Waals surface area contributed by atoms with E-state index < -0.39 is 30.1 Å². The van der Waals surface area contributed by atoms with Crippen molar-refractivity contribution in [3.63, 3.8) is 0 Å². The van der Waals surface area contributed by atoms with Crippen LogP contribution < -0.4 is 10.4 Å². The van der Waals surface area contributed by atoms with E-state index in [1.165, 1.54) is 12.1 Å². The summed E-state index contributed by atoms with van der Waals surface area (Å²) in [6.45, 7) is 8.81. The van der Waals surface area contributed by atoms with Crippen LogP contribution in [0.2, 0.25) is 0 Å². The maximum Gasteiger partial charge on any atom is 0.494 e. The van der Waals surface area contributed by atoms with Crippen molar-refractivity contribution >= 4 is 24.0 Å². The number of benzene rings is 2. The summed E-state index contributed by atoms with van der Waals surface area (Å²) in [4.78, 5) is 2.05. The quantitative estimate of drug-likeness (QED) is 0.696. The molecule has 0 N–H and O–H groups in total. The van der Waals surface area contributed by atoms with E-state index in [2.05, 4.69) is 6.07 Å². The van der Waals surface area contributed by atoms with Gasteiger partial charge in [0.25, 0.3) is 0 Å². The molecule has 148 valence electrons. The van der Waals surface area contributed by atoms with Gasteiger partial charge in [0.2, 0.25) is 0 Å². The molecule has 3 nitrogen and oxygen atoms in total. The molecule has 28 heavy (non-hydrogen) atoms. The summed E-state index contributed by atoms with van der Waals surface area (Å²) >= 11 is 0. The molecule has 2 heterocycles. The van der Waals surface area contributed by atoms with Gasteiger partial charge >= 0.3 is 13.3 Å². The van der Waals surface area contributed by atoms with E-state index in [1.54, 1.807) is 0 Å². The second kappa shape index (κ2) is 6.26. The van der Waals surface area contributed by atoms with E-state index in [-0.39, 0.29) is 0 Å². The van der Waals surface area contributed by atoms with Crippen LogP contribution in [0.3, 0.4) is 0 Å². The van der Waals surface area contributed by atoms with E-state index in [1.807, 2.05) is 44.7 Å². The van der Waals surface area contributed by atoms with Crippen LogP contribution in [-0.2, 0) is 21.9 Å². The molecular formula is C21H23BF3NO2. The molecule has 1 saturated heterocycles. The van der Waals surface area contributed by atoms with Crippen molar-refractivity contribution in [2.75, 3.05) is 11.4 Å². The first-order valence-corrected chi connectivity index (χ1v) is 9.41. The highest BCUT2D eigenvalue weighted by atomic mass is 19.4. The summed E-state index contributed by atoms with van der Waals surface area (Å²) in [5, 5.41) is 0. The minimum Gasteiger partial charge on any atom is -0.399 e. The second-order valence-corrected chi connectivity index (χ2v) is 8.42. The zero-order chi connectivity index (χ0) is 20.3. The molecule has 0 atom stereocenters. The van der Waals surface area contributed by atoms with Crippen LogP contribution >= 0.6 is 0 Å². The first-order valence-electron chi connectivity index (χ1n) is 9.41. The summed E-state index contributed by atoms with van der Waals surface area (Å²) in [5.41, 5.74) is 2.45. The predicted octanol–water partition coefficient (Wildman–Crippen LogP) is 4.70. The molecule has 0 unspecified atom stereocenters. The molecule has 2 aromatic rings. The Morgan fingerprint density at radius 3 is 2.11 bits per heavy atom. The van der Waals surface area contributed by atoms with Crippen molar-refractivity contribution in [1.29, 1.82) is 0 Å². The highest BCUT2D eigenvalue weighted by molar-refractivity contribution is 6.62. The number of hydrogen-bond donors (Lipinski definition) is 0. The monoisotopic (exact) mass is 389 g/mol. The number of anilines is 2. The van der Waals surface area contributed by atoms with Crippen LogP contribution in [0.25, 0.3) is 0 Å². The van der Waals surface area contributed by atoms with E-state index in [4.69, 9.17) is 9.31 Å². The maximum absolute atomic E-state index is 12.8. The number of halogens is 3. The van der Waals surface area contributed by atoms with Gasteiger partial charge in [-0.3, -0.25) is 0 Å². The van der Waals surface area contributed by atoms with Gasteiger partial charge in [-0.05, 0) is 75.5 Å². The van der Waals surface area contributed by atoms with Gasteiger partial charge in [-0.15, -0.1) is 0 Å². The average molecular weight is 389 g/mol. The fourth-order valence-electron chi connectivity index (χ4n) is 3.65. The number of nitrogens with zero attached hydrogens (tertiary/aromatic N) is 1. The lowest BCUT2D eigenvalue weighted by Crippen LogP contribution is -2.41. The third-order valence-corrected chi connectivity index (χ3v) is 6.03. The summed E-state index contributed by atoms with van der Waals surface area (Å²) in [5.74, 6) is 0. The maximum atomic E-state index is 12.8. The molecule has 0 aliphatic carbocycles. The summed E-state index contributed by atoms with van der Waals surface area (Å²) < 4.78 is 50.6.